The zero-order valence-corrected chi connectivity index (χ0v) is 13.0. The Morgan fingerprint density at radius 3 is 2.57 bits per heavy atom. The third-order valence-electron chi connectivity index (χ3n) is 3.78. The number of carbonyl (C=O) groups excluding carboxylic acids is 1. The van der Waals surface area contributed by atoms with Crippen molar-refractivity contribution in [2.45, 2.75) is 58.5 Å². The molecule has 2 N–H and O–H groups in total. The predicted molar refractivity (Wildman–Crippen MR) is 79.8 cm³/mol. The minimum atomic E-state index is -0.979. The number of carbonyl (C=O) groups is 2. The molecule has 1 aromatic heterocycles. The summed E-state index contributed by atoms with van der Waals surface area (Å²) < 4.78 is 1.90. The summed E-state index contributed by atoms with van der Waals surface area (Å²) in [7, 11) is 0. The van der Waals surface area contributed by atoms with E-state index in [0.717, 1.165) is 12.8 Å². The second-order valence-electron chi connectivity index (χ2n) is 5.43. The topological polar surface area (TPSA) is 84.2 Å². The second-order valence-corrected chi connectivity index (χ2v) is 5.43. The van der Waals surface area contributed by atoms with Gasteiger partial charge in [-0.1, -0.05) is 33.6 Å². The third-order valence-corrected chi connectivity index (χ3v) is 3.78. The van der Waals surface area contributed by atoms with Crippen molar-refractivity contribution in [2.75, 3.05) is 0 Å². The molecule has 1 aromatic rings. The summed E-state index contributed by atoms with van der Waals surface area (Å²) in [5.41, 5.74) is 0. The van der Waals surface area contributed by atoms with E-state index in [1.807, 2.05) is 24.6 Å². The molecule has 0 spiro atoms. The summed E-state index contributed by atoms with van der Waals surface area (Å²) in [5, 5.41) is 11.9. The van der Waals surface area contributed by atoms with Crippen molar-refractivity contribution in [3.05, 3.63) is 18.7 Å². The minimum absolute atomic E-state index is 0.0175. The van der Waals surface area contributed by atoms with Gasteiger partial charge in [0.05, 0.1) is 6.33 Å². The lowest BCUT2D eigenvalue weighted by atomic mass is 9.98. The van der Waals surface area contributed by atoms with Crippen LogP contribution in [-0.4, -0.2) is 32.6 Å². The first-order valence-corrected chi connectivity index (χ1v) is 7.49. The lowest BCUT2D eigenvalue weighted by Gasteiger charge is -2.22. The van der Waals surface area contributed by atoms with Crippen LogP contribution in [0, 0.1) is 5.92 Å². The number of carboxylic acids is 1. The maximum Gasteiger partial charge on any atom is 0.326 e. The zero-order valence-electron chi connectivity index (χ0n) is 13.0. The van der Waals surface area contributed by atoms with E-state index in [2.05, 4.69) is 17.2 Å². The molecule has 0 aromatic carbocycles. The van der Waals surface area contributed by atoms with Crippen molar-refractivity contribution < 1.29 is 14.7 Å². The molecule has 0 saturated carbocycles. The van der Waals surface area contributed by atoms with Gasteiger partial charge in [-0.3, -0.25) is 4.79 Å². The highest BCUT2D eigenvalue weighted by molar-refractivity contribution is 5.83. The SMILES string of the molecule is CCCC(CC(=O)NC(C(=O)O)C(C)CC)n1ccnc1. The van der Waals surface area contributed by atoms with Crippen molar-refractivity contribution in [3.63, 3.8) is 0 Å². The van der Waals surface area contributed by atoms with Gasteiger partial charge in [-0.25, -0.2) is 9.78 Å². The van der Waals surface area contributed by atoms with Crippen LogP contribution < -0.4 is 5.32 Å². The van der Waals surface area contributed by atoms with E-state index in [1.54, 1.807) is 12.5 Å². The highest BCUT2D eigenvalue weighted by Crippen LogP contribution is 2.18. The number of rotatable bonds is 9. The molecule has 0 aliphatic heterocycles. The fraction of sp³-hybridized carbons (Fsp3) is 0.667. The van der Waals surface area contributed by atoms with E-state index < -0.39 is 12.0 Å². The number of hydrogen-bond acceptors (Lipinski definition) is 3. The molecule has 6 heteroatoms. The molecule has 0 saturated heterocycles. The average molecular weight is 295 g/mol. The van der Waals surface area contributed by atoms with Gasteiger partial charge in [0.1, 0.15) is 6.04 Å². The van der Waals surface area contributed by atoms with Crippen LogP contribution in [0.4, 0.5) is 0 Å². The summed E-state index contributed by atoms with van der Waals surface area (Å²) in [6.45, 7) is 5.80. The Hall–Kier alpha value is -1.85. The normalized spacial score (nSPS) is 15.2. The van der Waals surface area contributed by atoms with Crippen molar-refractivity contribution >= 4 is 11.9 Å². The van der Waals surface area contributed by atoms with Crippen molar-refractivity contribution in [3.8, 4) is 0 Å². The zero-order chi connectivity index (χ0) is 15.8. The molecular formula is C15H25N3O3. The Kier molecular flexibility index (Phi) is 6.91. The van der Waals surface area contributed by atoms with Gasteiger partial charge in [0, 0.05) is 24.9 Å². The van der Waals surface area contributed by atoms with Crippen LogP contribution in [0.25, 0.3) is 0 Å². The maximum atomic E-state index is 12.2. The van der Waals surface area contributed by atoms with Gasteiger partial charge < -0.3 is 15.0 Å². The maximum absolute atomic E-state index is 12.2. The van der Waals surface area contributed by atoms with Crippen LogP contribution in [0.3, 0.4) is 0 Å². The molecule has 6 nitrogen and oxygen atoms in total. The lowest BCUT2D eigenvalue weighted by molar-refractivity contribution is -0.143. The first-order valence-electron chi connectivity index (χ1n) is 7.49. The fourth-order valence-electron chi connectivity index (χ4n) is 2.30. The van der Waals surface area contributed by atoms with Crippen LogP contribution in [-0.2, 0) is 9.59 Å². The number of carboxylic acid groups (broad SMARTS) is 1. The Balaban J connectivity index is 2.67. The van der Waals surface area contributed by atoms with Crippen molar-refractivity contribution in [2.24, 2.45) is 5.92 Å². The highest BCUT2D eigenvalue weighted by atomic mass is 16.4. The third kappa shape index (κ3) is 5.21. The molecule has 21 heavy (non-hydrogen) atoms. The van der Waals surface area contributed by atoms with E-state index in [1.165, 1.54) is 0 Å². The summed E-state index contributed by atoms with van der Waals surface area (Å²) in [5.74, 6) is -1.30. The van der Waals surface area contributed by atoms with Gasteiger partial charge >= 0.3 is 5.97 Å². The van der Waals surface area contributed by atoms with E-state index in [9.17, 15) is 14.7 Å². The summed E-state index contributed by atoms with van der Waals surface area (Å²) in [6, 6.07) is -0.809. The van der Waals surface area contributed by atoms with Crippen LogP contribution >= 0.6 is 0 Å². The second kappa shape index (κ2) is 8.44. The molecule has 0 aliphatic carbocycles. The molecule has 0 fully saturated rings. The molecule has 3 unspecified atom stereocenters. The number of hydrogen-bond donors (Lipinski definition) is 2. The first kappa shape index (κ1) is 17.2. The molecule has 0 radical (unpaired) electrons. The van der Waals surface area contributed by atoms with E-state index in [-0.39, 0.29) is 24.3 Å². The number of imidazole rings is 1. The molecule has 0 bridgehead atoms. The monoisotopic (exact) mass is 295 g/mol. The molecular weight excluding hydrogens is 270 g/mol. The summed E-state index contributed by atoms with van der Waals surface area (Å²) in [4.78, 5) is 27.4. The number of aromatic nitrogens is 2. The van der Waals surface area contributed by atoms with Crippen LogP contribution in [0.2, 0.25) is 0 Å². The lowest BCUT2D eigenvalue weighted by Crippen LogP contribution is -2.45. The van der Waals surface area contributed by atoms with Gasteiger partial charge in [0.25, 0.3) is 0 Å². The molecule has 1 amide bonds. The number of nitrogens with zero attached hydrogens (tertiary/aromatic N) is 2. The van der Waals surface area contributed by atoms with Gasteiger partial charge in [-0.2, -0.15) is 0 Å². The number of aliphatic carboxylic acids is 1. The van der Waals surface area contributed by atoms with Crippen molar-refractivity contribution in [1.82, 2.24) is 14.9 Å². The fourth-order valence-corrected chi connectivity index (χ4v) is 2.30. The Morgan fingerprint density at radius 1 is 1.38 bits per heavy atom. The molecule has 0 aliphatic rings. The van der Waals surface area contributed by atoms with E-state index >= 15 is 0 Å². The Bertz CT molecular complexity index is 445. The van der Waals surface area contributed by atoms with Crippen LogP contribution in [0.5, 0.6) is 0 Å². The largest absolute Gasteiger partial charge is 0.480 e. The number of amides is 1. The molecule has 3 atom stereocenters. The highest BCUT2D eigenvalue weighted by Gasteiger charge is 2.26. The van der Waals surface area contributed by atoms with Gasteiger partial charge in [0.2, 0.25) is 5.91 Å². The predicted octanol–water partition coefficient (Wildman–Crippen LogP) is 2.23. The van der Waals surface area contributed by atoms with Crippen LogP contribution in [0.15, 0.2) is 18.7 Å². The summed E-state index contributed by atoms with van der Waals surface area (Å²) in [6.07, 6.45) is 7.98. The Morgan fingerprint density at radius 2 is 2.10 bits per heavy atom. The Labute approximate surface area is 125 Å². The van der Waals surface area contributed by atoms with Crippen LogP contribution in [0.1, 0.15) is 52.5 Å². The van der Waals surface area contributed by atoms with Gasteiger partial charge in [0.15, 0.2) is 0 Å². The molecule has 1 heterocycles. The van der Waals surface area contributed by atoms with Gasteiger partial charge in [-0.15, -0.1) is 0 Å². The summed E-state index contributed by atoms with van der Waals surface area (Å²) >= 11 is 0. The minimum Gasteiger partial charge on any atom is -0.480 e. The number of nitrogens with one attached hydrogen (secondary N) is 1. The van der Waals surface area contributed by atoms with Crippen molar-refractivity contribution in [1.29, 1.82) is 0 Å². The first-order chi connectivity index (χ1) is 9.99. The quantitative estimate of drug-likeness (QED) is 0.731. The molecule has 1 rings (SSSR count). The van der Waals surface area contributed by atoms with E-state index in [0.29, 0.717) is 6.42 Å². The molecule has 118 valence electrons. The standard InChI is InChI=1S/C15H25N3O3/c1-4-6-12(18-8-7-16-10-18)9-13(19)17-14(15(20)21)11(3)5-2/h7-8,10-12,14H,4-6,9H2,1-3H3,(H,17,19)(H,20,21). The average Bonchev–Trinajstić information content (AvgIpc) is 2.97. The van der Waals surface area contributed by atoms with E-state index in [4.69, 9.17) is 0 Å². The van der Waals surface area contributed by atoms with Gasteiger partial charge in [-0.05, 0) is 12.3 Å². The smallest absolute Gasteiger partial charge is 0.326 e.